The van der Waals surface area contributed by atoms with E-state index < -0.39 is 0 Å². The van der Waals surface area contributed by atoms with Gasteiger partial charge in [0.2, 0.25) is 0 Å². The van der Waals surface area contributed by atoms with Gasteiger partial charge in [-0.1, -0.05) is 6.07 Å². The number of phenolic OH excluding ortho intramolecular Hbond substituents is 2. The number of nitrogens with one attached hydrogen (secondary N) is 1. The van der Waals surface area contributed by atoms with Gasteiger partial charge in [0.25, 0.3) is 0 Å². The number of rotatable bonds is 4. The Bertz CT molecular complexity index is 620. The van der Waals surface area contributed by atoms with Crippen molar-refractivity contribution in [2.75, 3.05) is 0 Å². The highest BCUT2D eigenvalue weighted by Gasteiger charge is 2.13. The van der Waals surface area contributed by atoms with Gasteiger partial charge >= 0.3 is 0 Å². The molecule has 0 bridgehead atoms. The largest absolute Gasteiger partial charge is 0.508 e. The number of aromatic hydroxyl groups is 2. The van der Waals surface area contributed by atoms with E-state index in [9.17, 15) is 10.2 Å². The topological polar surface area (TPSA) is 70.3 Å². The number of nitrogens with zero attached hydrogens (tertiary/aromatic N) is 2. The first-order valence-corrected chi connectivity index (χ1v) is 6.64. The molecule has 0 saturated heterocycles. The zero-order valence-electron chi connectivity index (χ0n) is 12.3. The van der Waals surface area contributed by atoms with Crippen LogP contribution in [0.3, 0.4) is 0 Å². The van der Waals surface area contributed by atoms with Crippen LogP contribution in [0, 0.1) is 13.8 Å². The monoisotopic (exact) mass is 275 g/mol. The number of phenols is 2. The number of benzene rings is 1. The lowest BCUT2D eigenvalue weighted by atomic mass is 10.1. The van der Waals surface area contributed by atoms with Crippen LogP contribution in [-0.4, -0.2) is 20.0 Å². The summed E-state index contributed by atoms with van der Waals surface area (Å²) < 4.78 is 1.87. The maximum Gasteiger partial charge on any atom is 0.124 e. The van der Waals surface area contributed by atoms with E-state index >= 15 is 0 Å². The zero-order chi connectivity index (χ0) is 14.9. The Morgan fingerprint density at radius 1 is 1.30 bits per heavy atom. The van der Waals surface area contributed by atoms with Crippen LogP contribution < -0.4 is 5.32 Å². The minimum absolute atomic E-state index is 0.0189. The van der Waals surface area contributed by atoms with Crippen LogP contribution >= 0.6 is 0 Å². The average molecular weight is 275 g/mol. The van der Waals surface area contributed by atoms with Crippen molar-refractivity contribution in [1.29, 1.82) is 0 Å². The van der Waals surface area contributed by atoms with Gasteiger partial charge in [-0.05, 0) is 26.8 Å². The quantitative estimate of drug-likeness (QED) is 0.800. The second-order valence-electron chi connectivity index (χ2n) is 5.12. The van der Waals surface area contributed by atoms with Gasteiger partial charge < -0.3 is 15.5 Å². The molecule has 1 atom stereocenters. The second kappa shape index (κ2) is 5.54. The van der Waals surface area contributed by atoms with Crippen LogP contribution in [0.1, 0.15) is 35.5 Å². The maximum absolute atomic E-state index is 9.86. The molecular formula is C15H21N3O2. The number of aryl methyl sites for hydroxylation is 2. The Balaban J connectivity index is 2.10. The first kappa shape index (κ1) is 14.4. The Hall–Kier alpha value is -2.01. The second-order valence-corrected chi connectivity index (χ2v) is 5.12. The first-order valence-electron chi connectivity index (χ1n) is 6.64. The lowest BCUT2D eigenvalue weighted by Crippen LogP contribution is -2.19. The van der Waals surface area contributed by atoms with Gasteiger partial charge in [-0.15, -0.1) is 0 Å². The molecule has 0 amide bonds. The number of aromatic nitrogens is 2. The van der Waals surface area contributed by atoms with Crippen molar-refractivity contribution in [1.82, 2.24) is 15.1 Å². The van der Waals surface area contributed by atoms with E-state index in [0.29, 0.717) is 6.54 Å². The van der Waals surface area contributed by atoms with Gasteiger partial charge in [-0.3, -0.25) is 4.68 Å². The Morgan fingerprint density at radius 3 is 2.55 bits per heavy atom. The maximum atomic E-state index is 9.86. The normalized spacial score (nSPS) is 12.6. The molecule has 5 heteroatoms. The highest BCUT2D eigenvalue weighted by atomic mass is 16.3. The van der Waals surface area contributed by atoms with E-state index in [4.69, 9.17) is 0 Å². The van der Waals surface area contributed by atoms with Crippen molar-refractivity contribution >= 4 is 0 Å². The van der Waals surface area contributed by atoms with E-state index in [0.717, 1.165) is 17.0 Å². The molecule has 1 aromatic heterocycles. The van der Waals surface area contributed by atoms with Crippen molar-refractivity contribution < 1.29 is 10.2 Å². The molecule has 2 aromatic rings. The summed E-state index contributed by atoms with van der Waals surface area (Å²) in [4.78, 5) is 0. The van der Waals surface area contributed by atoms with Gasteiger partial charge in [0.1, 0.15) is 11.5 Å². The molecule has 1 unspecified atom stereocenters. The van der Waals surface area contributed by atoms with Crippen LogP contribution in [0.4, 0.5) is 0 Å². The van der Waals surface area contributed by atoms with Gasteiger partial charge in [0.15, 0.2) is 0 Å². The Labute approximate surface area is 118 Å². The van der Waals surface area contributed by atoms with Crippen molar-refractivity contribution in [3.63, 3.8) is 0 Å². The van der Waals surface area contributed by atoms with Gasteiger partial charge in [-0.25, -0.2) is 0 Å². The molecule has 0 aliphatic rings. The summed E-state index contributed by atoms with van der Waals surface area (Å²) >= 11 is 0. The molecule has 108 valence electrons. The molecule has 0 saturated carbocycles. The summed E-state index contributed by atoms with van der Waals surface area (Å²) in [6, 6.07) is 4.64. The molecular weight excluding hydrogens is 254 g/mol. The Kier molecular flexibility index (Phi) is 3.99. The van der Waals surface area contributed by atoms with Crippen molar-refractivity contribution in [2.45, 2.75) is 33.4 Å². The lowest BCUT2D eigenvalue weighted by Gasteiger charge is -2.16. The summed E-state index contributed by atoms with van der Waals surface area (Å²) in [5.74, 6) is 0.169. The first-order chi connectivity index (χ1) is 9.40. The lowest BCUT2D eigenvalue weighted by molar-refractivity contribution is 0.436. The summed E-state index contributed by atoms with van der Waals surface area (Å²) in [6.07, 6.45) is 0. The summed E-state index contributed by atoms with van der Waals surface area (Å²) in [7, 11) is 1.93. The fraction of sp³-hybridized carbons (Fsp3) is 0.400. The minimum Gasteiger partial charge on any atom is -0.508 e. The molecule has 3 N–H and O–H groups in total. The molecule has 1 heterocycles. The van der Waals surface area contributed by atoms with Gasteiger partial charge in [0, 0.05) is 42.5 Å². The molecule has 20 heavy (non-hydrogen) atoms. The third-order valence-electron chi connectivity index (χ3n) is 3.72. The molecule has 0 fully saturated rings. The predicted octanol–water partition coefficient (Wildman–Crippen LogP) is 2.30. The van der Waals surface area contributed by atoms with Gasteiger partial charge in [-0.2, -0.15) is 5.10 Å². The third-order valence-corrected chi connectivity index (χ3v) is 3.72. The molecule has 0 aliphatic heterocycles. The molecule has 5 nitrogen and oxygen atoms in total. The zero-order valence-corrected chi connectivity index (χ0v) is 12.3. The molecule has 2 rings (SSSR count). The third kappa shape index (κ3) is 2.77. The summed E-state index contributed by atoms with van der Waals surface area (Å²) in [5.41, 5.74) is 4.09. The summed E-state index contributed by atoms with van der Waals surface area (Å²) in [5, 5.41) is 26.9. The van der Waals surface area contributed by atoms with E-state index in [1.54, 1.807) is 12.1 Å². The summed E-state index contributed by atoms with van der Waals surface area (Å²) in [6.45, 7) is 6.70. The van der Waals surface area contributed by atoms with Crippen molar-refractivity contribution in [3.8, 4) is 11.5 Å². The molecule has 0 aliphatic carbocycles. The van der Waals surface area contributed by atoms with Crippen molar-refractivity contribution in [2.24, 2.45) is 7.05 Å². The van der Waals surface area contributed by atoms with Crippen LogP contribution in [0.25, 0.3) is 0 Å². The van der Waals surface area contributed by atoms with E-state index in [2.05, 4.69) is 10.4 Å². The van der Waals surface area contributed by atoms with Crippen LogP contribution in [0.2, 0.25) is 0 Å². The Morgan fingerprint density at radius 2 is 2.00 bits per heavy atom. The fourth-order valence-electron chi connectivity index (χ4n) is 2.34. The van der Waals surface area contributed by atoms with Crippen LogP contribution in [0.15, 0.2) is 18.2 Å². The highest BCUT2D eigenvalue weighted by Crippen LogP contribution is 2.28. The van der Waals surface area contributed by atoms with Crippen molar-refractivity contribution in [3.05, 3.63) is 40.7 Å². The average Bonchev–Trinajstić information content (AvgIpc) is 2.61. The molecule has 1 aromatic carbocycles. The van der Waals surface area contributed by atoms with Gasteiger partial charge in [0.05, 0.1) is 5.69 Å². The SMILES string of the molecule is Cc1nn(C)c(C)c1CNC(C)c1ccc(O)cc1O. The fourth-order valence-corrected chi connectivity index (χ4v) is 2.34. The minimum atomic E-state index is -0.0189. The molecule has 0 spiro atoms. The predicted molar refractivity (Wildman–Crippen MR) is 77.7 cm³/mol. The smallest absolute Gasteiger partial charge is 0.124 e. The van der Waals surface area contributed by atoms with Crippen LogP contribution in [0.5, 0.6) is 11.5 Å². The van der Waals surface area contributed by atoms with E-state index in [1.165, 1.54) is 11.6 Å². The molecule has 0 radical (unpaired) electrons. The van der Waals surface area contributed by atoms with E-state index in [-0.39, 0.29) is 17.5 Å². The van der Waals surface area contributed by atoms with E-state index in [1.807, 2.05) is 32.5 Å². The number of hydrogen-bond acceptors (Lipinski definition) is 4. The standard InChI is InChI=1S/C15H21N3O2/c1-9(13-6-5-12(19)7-15(13)20)16-8-14-10(2)17-18(4)11(14)3/h5-7,9,16,19-20H,8H2,1-4H3. The van der Waals surface area contributed by atoms with Crippen LogP contribution in [-0.2, 0) is 13.6 Å². The number of hydrogen-bond donors (Lipinski definition) is 3. The highest BCUT2D eigenvalue weighted by molar-refractivity contribution is 5.40.